The SMILES string of the molecule is N#C[S-].[Hg].[K+]. The van der Waals surface area contributed by atoms with E-state index in [0.29, 0.717) is 0 Å². The molecule has 0 atom stereocenters. The largest absolute Gasteiger partial charge is 1.00 e. The fraction of sp³-hybridized carbons (Fsp3) is 0. The minimum atomic E-state index is 0. The van der Waals surface area contributed by atoms with Crippen LogP contribution in [0.2, 0.25) is 0 Å². The van der Waals surface area contributed by atoms with Crippen LogP contribution < -0.4 is 51.4 Å². The van der Waals surface area contributed by atoms with E-state index in [2.05, 4.69) is 12.6 Å². The van der Waals surface area contributed by atoms with Crippen LogP contribution in [0.1, 0.15) is 0 Å². The molecule has 0 aliphatic rings. The Morgan fingerprint density at radius 1 is 1.60 bits per heavy atom. The summed E-state index contributed by atoms with van der Waals surface area (Å²) in [4.78, 5) is 0. The first-order valence-corrected chi connectivity index (χ1v) is 0.836. The van der Waals surface area contributed by atoms with E-state index in [4.69, 9.17) is 5.26 Å². The van der Waals surface area contributed by atoms with E-state index in [9.17, 15) is 0 Å². The fourth-order valence-electron chi connectivity index (χ4n) is 0. The van der Waals surface area contributed by atoms with Gasteiger partial charge >= 0.3 is 51.4 Å². The third-order valence-electron chi connectivity index (χ3n) is 0. The molecule has 0 amide bonds. The Labute approximate surface area is 99.8 Å². The van der Waals surface area contributed by atoms with Crippen LogP contribution in [0.4, 0.5) is 0 Å². The number of rotatable bonds is 0. The Morgan fingerprint density at radius 2 is 1.60 bits per heavy atom. The second kappa shape index (κ2) is 16.3. The van der Waals surface area contributed by atoms with Gasteiger partial charge in [0.2, 0.25) is 0 Å². The Balaban J connectivity index is -0.0000000200. The molecule has 0 heterocycles. The van der Waals surface area contributed by atoms with Crippen molar-refractivity contribution < 1.29 is 79.1 Å². The molecule has 0 saturated heterocycles. The van der Waals surface area contributed by atoms with Gasteiger partial charge in [-0.3, -0.25) is 0 Å². The van der Waals surface area contributed by atoms with Crippen molar-refractivity contribution >= 4 is 12.6 Å². The second-order valence-corrected chi connectivity index (χ2v) is 0.274. The summed E-state index contributed by atoms with van der Waals surface area (Å²) >= 11 is 3.70. The average molecular weight is 298 g/mol. The molecule has 0 aromatic rings. The normalized spacial score (nSPS) is 1.40. The Bertz CT molecular complexity index is 33.1. The maximum atomic E-state index is 7.13. The van der Waals surface area contributed by atoms with E-state index in [1.54, 1.807) is 0 Å². The van der Waals surface area contributed by atoms with Gasteiger partial charge in [0.15, 0.2) is 0 Å². The number of nitrogens with zero attached hydrogens (tertiary/aromatic N) is 1. The molecule has 0 aromatic heterocycles. The molecular weight excluding hydrogens is 298 g/mol. The molecule has 0 aromatic carbocycles. The van der Waals surface area contributed by atoms with Gasteiger partial charge in [-0.05, 0) is 0 Å². The maximum absolute atomic E-state index is 7.13. The van der Waals surface area contributed by atoms with E-state index in [1.807, 2.05) is 0 Å². The van der Waals surface area contributed by atoms with Crippen LogP contribution in [0.5, 0.6) is 0 Å². The van der Waals surface area contributed by atoms with Gasteiger partial charge in [0.05, 0.1) is 0 Å². The summed E-state index contributed by atoms with van der Waals surface area (Å²) in [6.45, 7) is 0. The van der Waals surface area contributed by atoms with Crippen molar-refractivity contribution in [3.8, 4) is 5.40 Å². The maximum Gasteiger partial charge on any atom is 1.00 e. The zero-order valence-electron chi connectivity index (χ0n) is 3.06. The van der Waals surface area contributed by atoms with E-state index >= 15 is 0 Å². The summed E-state index contributed by atoms with van der Waals surface area (Å²) < 4.78 is 0. The molecule has 0 aliphatic heterocycles. The van der Waals surface area contributed by atoms with Crippen LogP contribution in [0.15, 0.2) is 0 Å². The molecule has 5 heavy (non-hydrogen) atoms. The van der Waals surface area contributed by atoms with E-state index in [1.165, 1.54) is 5.40 Å². The molecule has 0 saturated carbocycles. The smallest absolute Gasteiger partial charge is 0.696 e. The van der Waals surface area contributed by atoms with Crippen LogP contribution in [-0.4, -0.2) is 0 Å². The molecule has 4 heteroatoms. The Kier molecular flexibility index (Phi) is 51.0. The summed E-state index contributed by atoms with van der Waals surface area (Å²) in [5.74, 6) is 0. The monoisotopic (exact) mass is 299 g/mol. The first-order valence-electron chi connectivity index (χ1n) is 0.428. The fourth-order valence-corrected chi connectivity index (χ4v) is 0. The molecule has 0 radical (unpaired) electrons. The number of thiocyanates is 1. The van der Waals surface area contributed by atoms with Crippen LogP contribution >= 0.6 is 0 Å². The molecule has 18 valence electrons. The van der Waals surface area contributed by atoms with Gasteiger partial charge in [0, 0.05) is 27.7 Å². The zero-order valence-corrected chi connectivity index (χ0v) is 12.5. The predicted molar refractivity (Wildman–Crippen MR) is 13.0 cm³/mol. The van der Waals surface area contributed by atoms with Crippen LogP contribution in [0, 0.1) is 10.7 Å². The third-order valence-corrected chi connectivity index (χ3v) is 0. The molecular formula is CHgKNS. The predicted octanol–water partition coefficient (Wildman–Crippen LogP) is -2.98. The summed E-state index contributed by atoms with van der Waals surface area (Å²) in [5, 5.41) is 8.47. The van der Waals surface area contributed by atoms with Crippen LogP contribution in [0.25, 0.3) is 0 Å². The minimum absolute atomic E-state index is 0. The van der Waals surface area contributed by atoms with Crippen LogP contribution in [-0.2, 0) is 40.3 Å². The number of nitriles is 1. The van der Waals surface area contributed by atoms with Gasteiger partial charge < -0.3 is 12.6 Å². The molecule has 0 unspecified atom stereocenters. The van der Waals surface area contributed by atoms with Gasteiger partial charge in [-0.15, -0.1) is 0 Å². The molecule has 0 rings (SSSR count). The molecule has 0 fully saturated rings. The first kappa shape index (κ1) is 15.7. The van der Waals surface area contributed by atoms with Crippen molar-refractivity contribution in [3.05, 3.63) is 0 Å². The molecule has 0 bridgehead atoms. The standard InChI is InChI=1S/CHNS.Hg.K/c2-1-3;;/h3H;;/q;;+1/p-1. The van der Waals surface area contributed by atoms with Gasteiger partial charge in [-0.25, -0.2) is 5.26 Å². The second-order valence-electron chi connectivity index (χ2n) is 0.0913. The summed E-state index contributed by atoms with van der Waals surface area (Å²) in [6.07, 6.45) is 0. The van der Waals surface area contributed by atoms with Crippen molar-refractivity contribution in [3.63, 3.8) is 0 Å². The topological polar surface area (TPSA) is 23.8 Å². The molecule has 0 spiro atoms. The molecule has 0 aliphatic carbocycles. The molecule has 1 nitrogen and oxygen atoms in total. The van der Waals surface area contributed by atoms with Gasteiger partial charge in [-0.1, -0.05) is 5.40 Å². The number of hydrogen-bond donors (Lipinski definition) is 0. The minimum Gasteiger partial charge on any atom is -0.696 e. The molecule has 0 N–H and O–H groups in total. The van der Waals surface area contributed by atoms with E-state index in [-0.39, 0.29) is 79.1 Å². The van der Waals surface area contributed by atoms with Crippen molar-refractivity contribution in [1.82, 2.24) is 0 Å². The van der Waals surface area contributed by atoms with Crippen molar-refractivity contribution in [2.45, 2.75) is 0 Å². The summed E-state index contributed by atoms with van der Waals surface area (Å²) in [7, 11) is 0. The van der Waals surface area contributed by atoms with E-state index < -0.39 is 0 Å². The van der Waals surface area contributed by atoms with Crippen molar-refractivity contribution in [2.75, 3.05) is 0 Å². The van der Waals surface area contributed by atoms with Gasteiger partial charge in [0.1, 0.15) is 0 Å². The summed E-state index contributed by atoms with van der Waals surface area (Å²) in [5.41, 5.74) is 0. The first-order chi connectivity index (χ1) is 1.41. The number of hydrogen-bond acceptors (Lipinski definition) is 2. The third kappa shape index (κ3) is 22.1. The average Bonchev–Trinajstić information content (AvgIpc) is 0.918. The van der Waals surface area contributed by atoms with E-state index in [0.717, 1.165) is 0 Å². The van der Waals surface area contributed by atoms with Crippen molar-refractivity contribution in [2.24, 2.45) is 0 Å². The van der Waals surface area contributed by atoms with Crippen molar-refractivity contribution in [1.29, 1.82) is 5.26 Å². The zero-order chi connectivity index (χ0) is 2.71. The Morgan fingerprint density at radius 3 is 1.60 bits per heavy atom. The summed E-state index contributed by atoms with van der Waals surface area (Å²) in [6, 6.07) is 0. The Hall–Kier alpha value is 2.28. The quantitative estimate of drug-likeness (QED) is 0.271. The van der Waals surface area contributed by atoms with Crippen LogP contribution in [0.3, 0.4) is 0 Å². The van der Waals surface area contributed by atoms with Gasteiger partial charge in [0.25, 0.3) is 0 Å². The van der Waals surface area contributed by atoms with Gasteiger partial charge in [-0.2, -0.15) is 0 Å².